The fourth-order valence-electron chi connectivity index (χ4n) is 1.97. The third-order valence-corrected chi connectivity index (χ3v) is 2.98. The van der Waals surface area contributed by atoms with Crippen LogP contribution in [0.5, 0.6) is 0 Å². The van der Waals surface area contributed by atoms with Crippen molar-refractivity contribution in [3.8, 4) is 0 Å². The molecular weight excluding hydrogens is 188 g/mol. The summed E-state index contributed by atoms with van der Waals surface area (Å²) in [6.45, 7) is 8.02. The molecular formula is C13H16O2. The molecule has 0 saturated carbocycles. The lowest BCUT2D eigenvalue weighted by Crippen LogP contribution is -2.27. The number of hydrogen-bond acceptors (Lipinski definition) is 2. The SMILES string of the molecule is C=C[C@H]1OO[C@H](c2ccccc2)C1(C)C. The zero-order valence-electron chi connectivity index (χ0n) is 9.14. The smallest absolute Gasteiger partial charge is 0.126 e. The lowest BCUT2D eigenvalue weighted by molar-refractivity contribution is -0.290. The first-order valence-electron chi connectivity index (χ1n) is 5.16. The van der Waals surface area contributed by atoms with Crippen molar-refractivity contribution in [3.63, 3.8) is 0 Å². The Kier molecular flexibility index (Phi) is 2.63. The predicted octanol–water partition coefficient (Wildman–Crippen LogP) is 3.27. The van der Waals surface area contributed by atoms with Crippen LogP contribution >= 0.6 is 0 Å². The highest BCUT2D eigenvalue weighted by molar-refractivity contribution is 5.21. The Morgan fingerprint density at radius 2 is 1.87 bits per heavy atom. The van der Waals surface area contributed by atoms with Gasteiger partial charge in [0.05, 0.1) is 0 Å². The molecule has 2 rings (SSSR count). The third kappa shape index (κ3) is 1.71. The first kappa shape index (κ1) is 10.4. The van der Waals surface area contributed by atoms with Gasteiger partial charge < -0.3 is 0 Å². The molecule has 2 atom stereocenters. The number of rotatable bonds is 2. The van der Waals surface area contributed by atoms with Gasteiger partial charge in [-0.2, -0.15) is 0 Å². The zero-order chi connectivity index (χ0) is 10.9. The highest BCUT2D eigenvalue weighted by Crippen LogP contribution is 2.46. The Labute approximate surface area is 90.4 Å². The summed E-state index contributed by atoms with van der Waals surface area (Å²) in [6, 6.07) is 10.1. The van der Waals surface area contributed by atoms with Gasteiger partial charge in [-0.15, -0.1) is 6.58 Å². The molecule has 1 aromatic rings. The fraction of sp³-hybridized carbons (Fsp3) is 0.385. The molecule has 0 amide bonds. The average molecular weight is 204 g/mol. The van der Waals surface area contributed by atoms with Crippen LogP contribution in [-0.2, 0) is 9.78 Å². The van der Waals surface area contributed by atoms with E-state index in [1.807, 2.05) is 18.2 Å². The molecule has 0 radical (unpaired) electrons. The van der Waals surface area contributed by atoms with E-state index >= 15 is 0 Å². The summed E-state index contributed by atoms with van der Waals surface area (Å²) < 4.78 is 0. The second kappa shape index (κ2) is 3.80. The second-order valence-corrected chi connectivity index (χ2v) is 4.46. The van der Waals surface area contributed by atoms with E-state index in [0.29, 0.717) is 0 Å². The van der Waals surface area contributed by atoms with Crippen molar-refractivity contribution in [1.82, 2.24) is 0 Å². The van der Waals surface area contributed by atoms with Crippen molar-refractivity contribution in [2.24, 2.45) is 5.41 Å². The van der Waals surface area contributed by atoms with E-state index in [4.69, 9.17) is 9.78 Å². The van der Waals surface area contributed by atoms with Crippen molar-refractivity contribution in [2.45, 2.75) is 26.1 Å². The molecule has 1 aromatic carbocycles. The quantitative estimate of drug-likeness (QED) is 0.543. The van der Waals surface area contributed by atoms with E-state index in [0.717, 1.165) is 5.56 Å². The monoisotopic (exact) mass is 204 g/mol. The van der Waals surface area contributed by atoms with Gasteiger partial charge in [-0.25, -0.2) is 9.78 Å². The van der Waals surface area contributed by atoms with E-state index < -0.39 is 0 Å². The van der Waals surface area contributed by atoms with Crippen molar-refractivity contribution < 1.29 is 9.78 Å². The van der Waals surface area contributed by atoms with Crippen LogP contribution in [0, 0.1) is 5.41 Å². The largest absolute Gasteiger partial charge is 0.228 e. The maximum Gasteiger partial charge on any atom is 0.126 e. The lowest BCUT2D eigenvalue weighted by atomic mass is 9.78. The molecule has 1 fully saturated rings. The van der Waals surface area contributed by atoms with E-state index in [2.05, 4.69) is 32.6 Å². The summed E-state index contributed by atoms with van der Waals surface area (Å²) in [5.74, 6) is 0. The lowest BCUT2D eigenvalue weighted by Gasteiger charge is -2.25. The van der Waals surface area contributed by atoms with E-state index in [9.17, 15) is 0 Å². The maximum atomic E-state index is 5.39. The molecule has 0 spiro atoms. The molecule has 0 bridgehead atoms. The van der Waals surface area contributed by atoms with Crippen LogP contribution in [0.25, 0.3) is 0 Å². The fourth-order valence-corrected chi connectivity index (χ4v) is 1.97. The van der Waals surface area contributed by atoms with Gasteiger partial charge in [-0.05, 0) is 5.56 Å². The molecule has 15 heavy (non-hydrogen) atoms. The first-order chi connectivity index (χ1) is 7.16. The van der Waals surface area contributed by atoms with Crippen LogP contribution in [0.2, 0.25) is 0 Å². The molecule has 80 valence electrons. The molecule has 0 N–H and O–H groups in total. The molecule has 1 heterocycles. The van der Waals surface area contributed by atoms with Gasteiger partial charge in [-0.1, -0.05) is 50.3 Å². The van der Waals surface area contributed by atoms with Crippen molar-refractivity contribution in [2.75, 3.05) is 0 Å². The molecule has 0 aliphatic carbocycles. The van der Waals surface area contributed by atoms with Gasteiger partial charge in [0.25, 0.3) is 0 Å². The minimum atomic E-state index is -0.0803. The summed E-state index contributed by atoms with van der Waals surface area (Å²) in [4.78, 5) is 10.7. The molecule has 2 heteroatoms. The second-order valence-electron chi connectivity index (χ2n) is 4.46. The Morgan fingerprint density at radius 1 is 1.20 bits per heavy atom. The summed E-state index contributed by atoms with van der Waals surface area (Å²) in [7, 11) is 0. The van der Waals surface area contributed by atoms with E-state index in [1.54, 1.807) is 6.08 Å². The Morgan fingerprint density at radius 3 is 2.40 bits per heavy atom. The van der Waals surface area contributed by atoms with Gasteiger partial charge in [-0.3, -0.25) is 0 Å². The molecule has 0 aromatic heterocycles. The van der Waals surface area contributed by atoms with Crippen molar-refractivity contribution >= 4 is 0 Å². The zero-order valence-corrected chi connectivity index (χ0v) is 9.14. The van der Waals surface area contributed by atoms with E-state index in [1.165, 1.54) is 0 Å². The van der Waals surface area contributed by atoms with Crippen molar-refractivity contribution in [1.29, 1.82) is 0 Å². The first-order valence-corrected chi connectivity index (χ1v) is 5.16. The minimum Gasteiger partial charge on any atom is -0.228 e. The Bertz CT molecular complexity index is 343. The predicted molar refractivity (Wildman–Crippen MR) is 59.1 cm³/mol. The Hall–Kier alpha value is -1.12. The van der Waals surface area contributed by atoms with Gasteiger partial charge in [0.1, 0.15) is 12.2 Å². The highest BCUT2D eigenvalue weighted by atomic mass is 17.2. The van der Waals surface area contributed by atoms with E-state index in [-0.39, 0.29) is 17.6 Å². The normalized spacial score (nSPS) is 28.9. The summed E-state index contributed by atoms with van der Waals surface area (Å²) in [5, 5.41) is 0. The minimum absolute atomic E-state index is 0.0262. The topological polar surface area (TPSA) is 18.5 Å². The molecule has 1 saturated heterocycles. The standard InChI is InChI=1S/C13H16O2/c1-4-11-13(2,3)12(15-14-11)10-8-6-5-7-9-10/h4-9,11-12H,1H2,2-3H3/t11-,12-/m1/s1. The third-order valence-electron chi connectivity index (χ3n) is 2.98. The van der Waals surface area contributed by atoms with Gasteiger partial charge >= 0.3 is 0 Å². The highest BCUT2D eigenvalue weighted by Gasteiger charge is 2.45. The van der Waals surface area contributed by atoms with Gasteiger partial charge in [0, 0.05) is 5.41 Å². The summed E-state index contributed by atoms with van der Waals surface area (Å²) >= 11 is 0. The molecule has 1 aliphatic heterocycles. The van der Waals surface area contributed by atoms with Crippen LogP contribution < -0.4 is 0 Å². The number of hydrogen-bond donors (Lipinski definition) is 0. The van der Waals surface area contributed by atoms with Gasteiger partial charge in [0.15, 0.2) is 0 Å². The molecule has 1 aliphatic rings. The van der Waals surface area contributed by atoms with Crippen LogP contribution in [0.15, 0.2) is 43.0 Å². The number of benzene rings is 1. The molecule has 0 unspecified atom stereocenters. The van der Waals surface area contributed by atoms with Crippen LogP contribution in [0.4, 0.5) is 0 Å². The maximum absolute atomic E-state index is 5.39. The summed E-state index contributed by atoms with van der Waals surface area (Å²) in [6.07, 6.45) is 1.72. The van der Waals surface area contributed by atoms with Gasteiger partial charge in [0.2, 0.25) is 0 Å². The summed E-state index contributed by atoms with van der Waals surface area (Å²) in [5.41, 5.74) is 1.06. The molecule has 2 nitrogen and oxygen atoms in total. The van der Waals surface area contributed by atoms with Crippen molar-refractivity contribution in [3.05, 3.63) is 48.6 Å². The van der Waals surface area contributed by atoms with Crippen LogP contribution in [-0.4, -0.2) is 6.10 Å². The van der Waals surface area contributed by atoms with Crippen LogP contribution in [0.3, 0.4) is 0 Å². The average Bonchev–Trinajstić information content (AvgIpc) is 2.54. The van der Waals surface area contributed by atoms with Crippen LogP contribution in [0.1, 0.15) is 25.5 Å². The Balaban J connectivity index is 2.29.